The van der Waals surface area contributed by atoms with E-state index in [0.29, 0.717) is 27.8 Å². The van der Waals surface area contributed by atoms with Gasteiger partial charge in [-0.3, -0.25) is 38.6 Å². The summed E-state index contributed by atoms with van der Waals surface area (Å²) >= 11 is 6.27. The maximum atomic E-state index is 13.9. The second-order valence-corrected chi connectivity index (χ2v) is 21.9. The first-order valence-corrected chi connectivity index (χ1v) is 25.9. The molecule has 4 aliphatic heterocycles. The zero-order chi connectivity index (χ0) is 53.2. The number of nitriles is 1. The van der Waals surface area contributed by atoms with Gasteiger partial charge in [-0.2, -0.15) is 5.26 Å². The first-order valence-electron chi connectivity index (χ1n) is 25.5. The topological polar surface area (TPSA) is 240 Å². The second-order valence-electron chi connectivity index (χ2n) is 21.5. The fourth-order valence-corrected chi connectivity index (χ4v) is 11.6. The van der Waals surface area contributed by atoms with E-state index < -0.39 is 48.5 Å². The van der Waals surface area contributed by atoms with E-state index >= 15 is 0 Å². The van der Waals surface area contributed by atoms with Crippen molar-refractivity contribution in [1.29, 1.82) is 5.26 Å². The number of piperidine rings is 2. The van der Waals surface area contributed by atoms with Gasteiger partial charge in [0.05, 0.1) is 27.8 Å². The van der Waals surface area contributed by atoms with Crippen molar-refractivity contribution in [3.63, 3.8) is 0 Å². The molecule has 3 aromatic carbocycles. The predicted octanol–water partition coefficient (Wildman–Crippen LogP) is 4.76. The van der Waals surface area contributed by atoms with Crippen LogP contribution in [0.1, 0.15) is 104 Å². The lowest BCUT2D eigenvalue weighted by Gasteiger charge is -2.63. The molecule has 74 heavy (non-hydrogen) atoms. The Balaban J connectivity index is 0.763. The summed E-state index contributed by atoms with van der Waals surface area (Å²) in [5.41, 5.74) is 8.33. The zero-order valence-electron chi connectivity index (χ0n) is 42.9. The van der Waals surface area contributed by atoms with Gasteiger partial charge in [-0.15, -0.1) is 0 Å². The van der Waals surface area contributed by atoms with Crippen molar-refractivity contribution in [1.82, 2.24) is 30.7 Å². The number of nitrogens with zero attached hydrogens (tertiary/aromatic N) is 6. The van der Waals surface area contributed by atoms with E-state index in [0.717, 1.165) is 79.8 Å². The van der Waals surface area contributed by atoms with Crippen molar-refractivity contribution in [2.24, 2.45) is 28.4 Å². The van der Waals surface area contributed by atoms with Crippen LogP contribution in [0.4, 0.5) is 16.2 Å². The number of halogens is 1. The monoisotopic (exact) mass is 1030 g/mol. The van der Waals surface area contributed by atoms with Crippen LogP contribution in [-0.2, 0) is 19.1 Å². The second kappa shape index (κ2) is 22.0. The summed E-state index contributed by atoms with van der Waals surface area (Å²) in [6.45, 7) is 17.3. The smallest absolute Gasteiger partial charge is 0.408 e. The Bertz CT molecular complexity index is 2690. The van der Waals surface area contributed by atoms with Crippen LogP contribution in [0.15, 0.2) is 60.7 Å². The van der Waals surface area contributed by atoms with Crippen molar-refractivity contribution in [2.45, 2.75) is 91.5 Å². The fraction of sp³-hybridized carbons (Fsp3) is 0.519. The number of likely N-dealkylation sites (tertiary alicyclic amines) is 1. The number of carbonyl (C=O) groups excluding carboxylic acids is 7. The summed E-state index contributed by atoms with van der Waals surface area (Å²) in [7, 11) is 0. The molecule has 0 bridgehead atoms. The van der Waals surface area contributed by atoms with Crippen LogP contribution in [0.25, 0.3) is 0 Å². The quantitative estimate of drug-likeness (QED) is 0.112. The highest BCUT2D eigenvalue weighted by Gasteiger charge is 2.64. The SMILES string of the molecule is CC(C)[C@H](N)C(=O)NCCNC(=O)OCN1C(=O)CCC(N2C(=O)c3ccc(N4CCN(CC5CCN(c6ccc(C(=O)NC7C(C)(C)C(Oc8ccc(C#N)c(Cl)c8)C7(C)C)cc6)CC5)CC4)cc3C2=O)C1=O. The van der Waals surface area contributed by atoms with Gasteiger partial charge >= 0.3 is 6.09 Å². The molecule has 3 saturated heterocycles. The standard InChI is InChI=1S/C54H67ClN10O9/c1-32(2)44(57)46(68)58-19-20-59-52(72)73-31-64-43(66)16-15-42(49(64)71)65-47(69)39-14-12-37(27-40(39)48(65)70)63-25-23-61(24-26-63)30-33-17-21-62(22-18-33)36-10-7-34(8-11-36)45(67)60-50-53(3,4)51(54(50,5)6)74-38-13-9-35(29-56)41(55)28-38/h7-14,27-28,32-33,42,44,50-51H,15-26,30-31,57H2,1-6H3,(H,58,68)(H,59,72)(H,60,67)/t42?,44-,50?,51?/m0/s1. The summed E-state index contributed by atoms with van der Waals surface area (Å²) in [6.07, 6.45) is 0.763. The number of amides is 7. The van der Waals surface area contributed by atoms with Crippen LogP contribution >= 0.6 is 11.6 Å². The third kappa shape index (κ3) is 11.0. The number of nitrogens with two attached hydrogens (primary N) is 1. The minimum atomic E-state index is -1.25. The van der Waals surface area contributed by atoms with E-state index in [4.69, 9.17) is 26.8 Å². The van der Waals surface area contributed by atoms with Gasteiger partial charge in [0.2, 0.25) is 11.8 Å². The molecule has 0 aromatic heterocycles. The number of fused-ring (bicyclic) bond motifs is 1. The lowest BCUT2D eigenvalue weighted by molar-refractivity contribution is -0.164. The largest absolute Gasteiger partial charge is 0.489 e. The average molecular weight is 1040 g/mol. The summed E-state index contributed by atoms with van der Waals surface area (Å²) in [6, 6.07) is 18.0. The number of anilines is 2. The average Bonchev–Trinajstić information content (AvgIpc) is 3.63. The van der Waals surface area contributed by atoms with E-state index in [2.05, 4.69) is 64.4 Å². The Morgan fingerprint density at radius 1 is 0.811 bits per heavy atom. The van der Waals surface area contributed by atoms with E-state index in [9.17, 15) is 38.8 Å². The molecule has 0 radical (unpaired) electrons. The molecule has 4 fully saturated rings. The third-order valence-corrected chi connectivity index (χ3v) is 15.8. The van der Waals surface area contributed by atoms with E-state index in [1.54, 1.807) is 30.3 Å². The Morgan fingerprint density at radius 3 is 2.09 bits per heavy atom. The van der Waals surface area contributed by atoms with Crippen molar-refractivity contribution in [3.05, 3.63) is 87.9 Å². The van der Waals surface area contributed by atoms with E-state index in [1.165, 1.54) is 0 Å². The lowest BCUT2D eigenvalue weighted by Crippen LogP contribution is -2.74. The number of benzene rings is 3. The van der Waals surface area contributed by atoms with Crippen LogP contribution in [0.5, 0.6) is 5.75 Å². The van der Waals surface area contributed by atoms with E-state index in [-0.39, 0.29) is 77.8 Å². The van der Waals surface area contributed by atoms with Crippen LogP contribution < -0.4 is 36.2 Å². The minimum Gasteiger partial charge on any atom is -0.489 e. The maximum Gasteiger partial charge on any atom is 0.408 e. The van der Waals surface area contributed by atoms with Crippen LogP contribution in [0.3, 0.4) is 0 Å². The number of hydrogen-bond donors (Lipinski definition) is 4. The normalized spacial score (nSPS) is 22.2. The molecule has 4 heterocycles. The first-order chi connectivity index (χ1) is 35.2. The van der Waals surface area contributed by atoms with Crippen molar-refractivity contribution in [3.8, 4) is 11.8 Å². The highest BCUT2D eigenvalue weighted by atomic mass is 35.5. The minimum absolute atomic E-state index is 0.0107. The van der Waals surface area contributed by atoms with Gasteiger partial charge in [0, 0.05) is 105 Å². The van der Waals surface area contributed by atoms with Gasteiger partial charge in [-0.25, -0.2) is 9.69 Å². The molecule has 3 aromatic rings. The summed E-state index contributed by atoms with van der Waals surface area (Å²) in [5, 5.41) is 17.9. The van der Waals surface area contributed by atoms with Crippen molar-refractivity contribution in [2.75, 3.05) is 75.4 Å². The molecule has 1 saturated carbocycles. The molecule has 5 aliphatic rings. The first kappa shape index (κ1) is 53.5. The van der Waals surface area contributed by atoms with Crippen LogP contribution in [0.2, 0.25) is 5.02 Å². The summed E-state index contributed by atoms with van der Waals surface area (Å²) < 4.78 is 11.5. The van der Waals surface area contributed by atoms with Crippen LogP contribution in [0, 0.1) is 34.0 Å². The predicted molar refractivity (Wildman–Crippen MR) is 276 cm³/mol. The molecule has 394 valence electrons. The van der Waals surface area contributed by atoms with Gasteiger partial charge in [0.25, 0.3) is 23.6 Å². The number of piperazine rings is 1. The molecule has 1 aliphatic carbocycles. The number of ether oxygens (including phenoxy) is 2. The zero-order valence-corrected chi connectivity index (χ0v) is 43.7. The lowest BCUT2D eigenvalue weighted by atomic mass is 9.49. The molecular formula is C54H67ClN10O9. The third-order valence-electron chi connectivity index (χ3n) is 15.5. The van der Waals surface area contributed by atoms with E-state index in [1.807, 2.05) is 44.2 Å². The molecule has 0 spiro atoms. The highest BCUT2D eigenvalue weighted by Crippen LogP contribution is 2.55. The molecule has 5 N–H and O–H groups in total. The van der Waals surface area contributed by atoms with Gasteiger partial charge in [0.1, 0.15) is 24.0 Å². The number of imide groups is 2. The molecule has 2 atom stereocenters. The fourth-order valence-electron chi connectivity index (χ4n) is 11.4. The van der Waals surface area contributed by atoms with Crippen LogP contribution in [-0.4, -0.2) is 146 Å². The Kier molecular flexibility index (Phi) is 15.9. The Labute approximate surface area is 436 Å². The van der Waals surface area contributed by atoms with Gasteiger partial charge in [0.15, 0.2) is 6.73 Å². The number of alkyl carbamates (subject to hydrolysis) is 1. The number of hydrogen-bond acceptors (Lipinski definition) is 14. The Morgan fingerprint density at radius 2 is 1.45 bits per heavy atom. The molecule has 1 unspecified atom stereocenters. The highest BCUT2D eigenvalue weighted by molar-refractivity contribution is 6.31. The maximum absolute atomic E-state index is 13.9. The van der Waals surface area contributed by atoms with Gasteiger partial charge in [-0.1, -0.05) is 53.1 Å². The molecule has 19 nitrogen and oxygen atoms in total. The number of nitrogens with one attached hydrogen (secondary N) is 3. The number of rotatable bonds is 16. The Hall–Kier alpha value is -6.75. The summed E-state index contributed by atoms with van der Waals surface area (Å²) in [4.78, 5) is 101. The van der Waals surface area contributed by atoms with Crippen molar-refractivity contribution < 1.29 is 43.0 Å². The van der Waals surface area contributed by atoms with Gasteiger partial charge in [-0.05, 0) is 85.7 Å². The molecule has 7 amide bonds. The van der Waals surface area contributed by atoms with Gasteiger partial charge < -0.3 is 41.0 Å². The number of carbonyl (C=O) groups is 7. The summed E-state index contributed by atoms with van der Waals surface area (Å²) in [5.74, 6) is -2.09. The molecular weight excluding hydrogens is 968 g/mol. The van der Waals surface area contributed by atoms with Crippen molar-refractivity contribution >= 4 is 64.5 Å². The molecule has 20 heteroatoms. The molecule has 8 rings (SSSR count).